The van der Waals surface area contributed by atoms with Gasteiger partial charge in [0.05, 0.1) is 15.6 Å². The molecule has 0 saturated heterocycles. The first-order valence-electron chi connectivity index (χ1n) is 4.54. The Hall–Kier alpha value is -0.710. The molecule has 0 aliphatic rings. The smallest absolute Gasteiger partial charge is 0.130 e. The molecule has 5 heteroatoms. The van der Waals surface area contributed by atoms with Gasteiger partial charge in [-0.1, -0.05) is 30.7 Å². The highest BCUT2D eigenvalue weighted by molar-refractivity contribution is 7.71. The lowest BCUT2D eigenvalue weighted by molar-refractivity contribution is 0.937. The van der Waals surface area contributed by atoms with Gasteiger partial charge in [0.25, 0.3) is 0 Å². The fraction of sp³-hybridized carbons (Fsp3) is 0.200. The summed E-state index contributed by atoms with van der Waals surface area (Å²) in [5.74, 6) is 0.891. The Morgan fingerprint density at radius 1 is 1.60 bits per heavy atom. The van der Waals surface area contributed by atoms with E-state index < -0.39 is 0 Å². The molecule has 0 spiro atoms. The van der Waals surface area contributed by atoms with Gasteiger partial charge in [0.1, 0.15) is 10.5 Å². The van der Waals surface area contributed by atoms with E-state index >= 15 is 0 Å². The molecule has 2 aromatic heterocycles. The van der Waals surface area contributed by atoms with Crippen molar-refractivity contribution < 1.29 is 0 Å². The van der Waals surface area contributed by atoms with Gasteiger partial charge < -0.3 is 4.98 Å². The van der Waals surface area contributed by atoms with Crippen LogP contribution in [0, 0.1) is 4.64 Å². The van der Waals surface area contributed by atoms with E-state index in [1.807, 2.05) is 24.4 Å². The van der Waals surface area contributed by atoms with Crippen LogP contribution in [-0.2, 0) is 6.42 Å². The van der Waals surface area contributed by atoms with Crippen molar-refractivity contribution in [3.63, 3.8) is 0 Å². The molecule has 0 saturated carbocycles. The minimum atomic E-state index is 0.602. The summed E-state index contributed by atoms with van der Waals surface area (Å²) < 4.78 is 0.602. The van der Waals surface area contributed by atoms with Crippen molar-refractivity contribution in [2.45, 2.75) is 13.3 Å². The molecule has 2 rings (SSSR count). The van der Waals surface area contributed by atoms with Crippen LogP contribution in [0.25, 0.3) is 10.6 Å². The van der Waals surface area contributed by atoms with Crippen LogP contribution in [0.1, 0.15) is 12.7 Å². The van der Waals surface area contributed by atoms with Crippen molar-refractivity contribution in [2.75, 3.05) is 0 Å². The van der Waals surface area contributed by atoms with Crippen molar-refractivity contribution in [1.29, 1.82) is 0 Å². The fourth-order valence-electron chi connectivity index (χ4n) is 1.28. The lowest BCUT2D eigenvalue weighted by Gasteiger charge is -2.02. The normalized spacial score (nSPS) is 10.5. The summed E-state index contributed by atoms with van der Waals surface area (Å²) in [5, 5.41) is 2.71. The summed E-state index contributed by atoms with van der Waals surface area (Å²) in [6.45, 7) is 2.04. The highest BCUT2D eigenvalue weighted by Crippen LogP contribution is 2.31. The maximum absolute atomic E-state index is 6.06. The Morgan fingerprint density at radius 3 is 3.00 bits per heavy atom. The molecule has 0 atom stereocenters. The first-order valence-corrected chi connectivity index (χ1v) is 6.21. The molecule has 15 heavy (non-hydrogen) atoms. The van der Waals surface area contributed by atoms with Crippen molar-refractivity contribution in [3.8, 4) is 10.6 Å². The van der Waals surface area contributed by atoms with Crippen molar-refractivity contribution in [1.82, 2.24) is 9.97 Å². The lowest BCUT2D eigenvalue weighted by atomic mass is 10.3. The average molecular weight is 257 g/mol. The third kappa shape index (κ3) is 2.27. The van der Waals surface area contributed by atoms with Gasteiger partial charge in [-0.2, -0.15) is 0 Å². The standard InChI is InChI=1S/C10H9ClN2S2/c1-2-8-12-7(5-9(14)13-8)10-6(11)3-4-15-10/h3-5H,2H2,1H3,(H,12,13,14). The quantitative estimate of drug-likeness (QED) is 0.820. The molecule has 2 aromatic rings. The zero-order chi connectivity index (χ0) is 10.8. The first kappa shape index (κ1) is 10.8. The van der Waals surface area contributed by atoms with Gasteiger partial charge in [0.2, 0.25) is 0 Å². The molecule has 78 valence electrons. The van der Waals surface area contributed by atoms with Crippen LogP contribution in [0.5, 0.6) is 0 Å². The number of aryl methyl sites for hydroxylation is 1. The lowest BCUT2D eigenvalue weighted by Crippen LogP contribution is -1.94. The van der Waals surface area contributed by atoms with E-state index in [2.05, 4.69) is 9.97 Å². The predicted molar refractivity (Wildman–Crippen MR) is 67.1 cm³/mol. The average Bonchev–Trinajstić information content (AvgIpc) is 2.63. The number of H-pyrrole nitrogens is 1. The van der Waals surface area contributed by atoms with Crippen LogP contribution in [0.2, 0.25) is 5.02 Å². The summed E-state index contributed by atoms with van der Waals surface area (Å²) in [7, 11) is 0. The van der Waals surface area contributed by atoms with E-state index in [9.17, 15) is 0 Å². The number of halogens is 1. The first-order chi connectivity index (χ1) is 7.20. The molecule has 0 unspecified atom stereocenters. The number of nitrogens with one attached hydrogen (secondary N) is 1. The van der Waals surface area contributed by atoms with E-state index in [0.717, 1.165) is 27.8 Å². The molecule has 0 radical (unpaired) electrons. The molecule has 0 aliphatic carbocycles. The Labute approximate surface area is 102 Å². The number of aromatic nitrogens is 2. The van der Waals surface area contributed by atoms with Crippen molar-refractivity contribution >= 4 is 35.2 Å². The van der Waals surface area contributed by atoms with Crippen LogP contribution in [0.3, 0.4) is 0 Å². The highest BCUT2D eigenvalue weighted by atomic mass is 35.5. The molecule has 2 heterocycles. The van der Waals surface area contributed by atoms with Crippen LogP contribution < -0.4 is 0 Å². The van der Waals surface area contributed by atoms with Crippen LogP contribution in [-0.4, -0.2) is 9.97 Å². The maximum Gasteiger partial charge on any atom is 0.130 e. The summed E-state index contributed by atoms with van der Waals surface area (Å²) in [5.41, 5.74) is 0.951. The maximum atomic E-state index is 6.06. The van der Waals surface area contributed by atoms with E-state index in [1.165, 1.54) is 0 Å². The molecule has 2 nitrogen and oxygen atoms in total. The molecular formula is C10H9ClN2S2. The fourth-order valence-corrected chi connectivity index (χ4v) is 2.64. The molecular weight excluding hydrogens is 248 g/mol. The summed E-state index contributed by atoms with van der Waals surface area (Å²) in [6, 6.07) is 3.72. The van der Waals surface area contributed by atoms with E-state index in [-0.39, 0.29) is 0 Å². The summed E-state index contributed by atoms with van der Waals surface area (Å²) >= 11 is 12.8. The summed E-state index contributed by atoms with van der Waals surface area (Å²) in [6.07, 6.45) is 0.834. The molecule has 0 aliphatic heterocycles. The third-order valence-corrected chi connectivity index (χ3v) is 3.57. The van der Waals surface area contributed by atoms with Crippen LogP contribution in [0.15, 0.2) is 17.5 Å². The number of hydrogen-bond acceptors (Lipinski definition) is 3. The van der Waals surface area contributed by atoms with Gasteiger partial charge >= 0.3 is 0 Å². The van der Waals surface area contributed by atoms with E-state index in [0.29, 0.717) is 4.64 Å². The number of thiophene rings is 1. The number of rotatable bonds is 2. The van der Waals surface area contributed by atoms with E-state index in [4.69, 9.17) is 23.8 Å². The zero-order valence-electron chi connectivity index (χ0n) is 8.08. The zero-order valence-corrected chi connectivity index (χ0v) is 10.5. The second-order valence-corrected chi connectivity index (χ2v) is 4.77. The van der Waals surface area contributed by atoms with Gasteiger partial charge in [0.15, 0.2) is 0 Å². The minimum absolute atomic E-state index is 0.602. The molecule has 0 amide bonds. The number of hydrogen-bond donors (Lipinski definition) is 1. The Kier molecular flexibility index (Phi) is 3.19. The molecule has 0 bridgehead atoms. The molecule has 0 aromatic carbocycles. The van der Waals surface area contributed by atoms with E-state index in [1.54, 1.807) is 11.3 Å². The Bertz CT molecular complexity index is 530. The SMILES string of the molecule is CCc1nc(=S)cc(-c2sccc2Cl)[nH]1. The van der Waals surface area contributed by atoms with Crippen molar-refractivity contribution in [2.24, 2.45) is 0 Å². The van der Waals surface area contributed by atoms with Crippen molar-refractivity contribution in [3.05, 3.63) is 33.0 Å². The van der Waals surface area contributed by atoms with Gasteiger partial charge in [-0.25, -0.2) is 4.98 Å². The Morgan fingerprint density at radius 2 is 2.40 bits per heavy atom. The van der Waals surface area contributed by atoms with Crippen LogP contribution >= 0.6 is 35.2 Å². The number of aromatic amines is 1. The van der Waals surface area contributed by atoms with Gasteiger partial charge in [-0.05, 0) is 17.5 Å². The largest absolute Gasteiger partial charge is 0.342 e. The summed E-state index contributed by atoms with van der Waals surface area (Å²) in [4.78, 5) is 8.45. The monoisotopic (exact) mass is 256 g/mol. The predicted octanol–water partition coefficient (Wildman–Crippen LogP) is 4.08. The third-order valence-electron chi connectivity index (χ3n) is 1.99. The van der Waals surface area contributed by atoms with Crippen LogP contribution in [0.4, 0.5) is 0 Å². The topological polar surface area (TPSA) is 28.7 Å². The second-order valence-electron chi connectivity index (χ2n) is 3.03. The molecule has 1 N–H and O–H groups in total. The minimum Gasteiger partial charge on any atom is -0.342 e. The number of nitrogens with zero attached hydrogens (tertiary/aromatic N) is 1. The highest BCUT2D eigenvalue weighted by Gasteiger charge is 2.06. The Balaban J connectivity index is 2.58. The van der Waals surface area contributed by atoms with Gasteiger partial charge in [-0.15, -0.1) is 11.3 Å². The van der Waals surface area contributed by atoms with Gasteiger partial charge in [0, 0.05) is 6.42 Å². The van der Waals surface area contributed by atoms with Gasteiger partial charge in [-0.3, -0.25) is 0 Å². The second kappa shape index (κ2) is 4.43. The molecule has 0 fully saturated rings.